The molecule has 3 N–H and O–H groups in total. The second-order valence-electron chi connectivity index (χ2n) is 11.9. The van der Waals surface area contributed by atoms with E-state index in [1.165, 1.54) is 0 Å². The fourth-order valence-corrected chi connectivity index (χ4v) is 6.86. The van der Waals surface area contributed by atoms with Gasteiger partial charge in [0.05, 0.1) is 26.0 Å². The van der Waals surface area contributed by atoms with Crippen LogP contribution in [0.5, 0.6) is 5.75 Å². The van der Waals surface area contributed by atoms with Crippen LogP contribution in [0.1, 0.15) is 37.3 Å². The second kappa shape index (κ2) is 12.1. The maximum atomic E-state index is 14.0. The lowest BCUT2D eigenvalue weighted by molar-refractivity contribution is -0.139. The van der Waals surface area contributed by atoms with Gasteiger partial charge in [-0.3, -0.25) is 14.5 Å². The number of benzene rings is 3. The van der Waals surface area contributed by atoms with E-state index in [1.807, 2.05) is 53.4 Å². The van der Waals surface area contributed by atoms with Gasteiger partial charge >= 0.3 is 0 Å². The number of aliphatic hydroxyl groups excluding tert-OH is 1. The molecule has 0 bridgehead atoms. The van der Waals surface area contributed by atoms with Gasteiger partial charge in [0.2, 0.25) is 0 Å². The molecule has 3 aromatic rings. The van der Waals surface area contributed by atoms with E-state index in [2.05, 4.69) is 22.3 Å². The Kier molecular flexibility index (Phi) is 8.20. The third-order valence-electron chi connectivity index (χ3n) is 9.39. The number of hydrogen-bond acceptors (Lipinski definition) is 7. The highest BCUT2D eigenvalue weighted by atomic mass is 16.5. The molecule has 0 saturated carbocycles. The lowest BCUT2D eigenvalue weighted by atomic mass is 9.83. The molecule has 1 spiro atoms. The average Bonchev–Trinajstić information content (AvgIpc) is 3.45. The molecule has 3 aromatic carbocycles. The molecule has 3 heterocycles. The lowest BCUT2D eigenvalue weighted by Crippen LogP contribution is -2.55. The smallest absolute Gasteiger partial charge is 0.264 e. The van der Waals surface area contributed by atoms with Crippen molar-refractivity contribution in [3.8, 4) is 5.75 Å². The van der Waals surface area contributed by atoms with Gasteiger partial charge in [-0.2, -0.15) is 0 Å². The number of nitrogens with one attached hydrogen (secondary N) is 1. The Morgan fingerprint density at radius 1 is 0.977 bits per heavy atom. The first kappa shape index (κ1) is 29.9. The van der Waals surface area contributed by atoms with E-state index in [1.54, 1.807) is 43.2 Å². The number of nitrogens with zero attached hydrogens (tertiary/aromatic N) is 3. The van der Waals surface area contributed by atoms with E-state index in [4.69, 9.17) is 4.74 Å². The zero-order chi connectivity index (χ0) is 30.9. The predicted molar refractivity (Wildman–Crippen MR) is 171 cm³/mol. The number of piperidine rings is 1. The summed E-state index contributed by atoms with van der Waals surface area (Å²) in [6.07, 6.45) is 5.48. The van der Waals surface area contributed by atoms with Crippen LogP contribution in [0.3, 0.4) is 0 Å². The predicted octanol–water partition coefficient (Wildman–Crippen LogP) is 3.94. The van der Waals surface area contributed by atoms with Crippen molar-refractivity contribution in [1.29, 1.82) is 0 Å². The van der Waals surface area contributed by atoms with Crippen molar-refractivity contribution in [2.45, 2.75) is 43.9 Å². The molecule has 0 radical (unpaired) electrons. The quantitative estimate of drug-likeness (QED) is 0.322. The maximum absolute atomic E-state index is 14.0. The number of rotatable bonds is 9. The van der Waals surface area contributed by atoms with Gasteiger partial charge in [0.25, 0.3) is 11.8 Å². The Morgan fingerprint density at radius 2 is 1.70 bits per heavy atom. The van der Waals surface area contributed by atoms with Crippen LogP contribution in [0.4, 0.5) is 17.1 Å². The van der Waals surface area contributed by atoms with Crippen LogP contribution in [0, 0.1) is 5.92 Å². The molecule has 9 heteroatoms. The van der Waals surface area contributed by atoms with Gasteiger partial charge in [-0.05, 0) is 80.4 Å². The van der Waals surface area contributed by atoms with E-state index in [-0.39, 0.29) is 19.1 Å². The fourth-order valence-electron chi connectivity index (χ4n) is 6.86. The molecule has 3 aliphatic rings. The van der Waals surface area contributed by atoms with Crippen molar-refractivity contribution in [3.05, 3.63) is 96.1 Å². The summed E-state index contributed by atoms with van der Waals surface area (Å²) >= 11 is 0. The number of carbonyl (C=O) groups excluding carboxylic acids is 2. The minimum Gasteiger partial charge on any atom is -0.497 e. The number of hydrogen-bond donors (Lipinski definition) is 3. The number of methoxy groups -OCH3 is 1. The van der Waals surface area contributed by atoms with Crippen LogP contribution in [0.25, 0.3) is 0 Å². The molecule has 2 atom stereocenters. The molecule has 6 rings (SSSR count). The van der Waals surface area contributed by atoms with Gasteiger partial charge in [-0.15, -0.1) is 0 Å². The van der Waals surface area contributed by atoms with Gasteiger partial charge in [-0.1, -0.05) is 49.4 Å². The Hall–Kier alpha value is -4.18. The molecular formula is C35H40N4O5. The van der Waals surface area contributed by atoms with E-state index in [0.29, 0.717) is 30.1 Å². The molecule has 9 nitrogen and oxygen atoms in total. The summed E-state index contributed by atoms with van der Waals surface area (Å²) in [4.78, 5) is 33.7. The highest BCUT2D eigenvalue weighted by Crippen LogP contribution is 2.47. The summed E-state index contributed by atoms with van der Waals surface area (Å²) in [5, 5.41) is 24.5. The Balaban J connectivity index is 1.26. The van der Waals surface area contributed by atoms with Crippen molar-refractivity contribution in [2.75, 3.05) is 48.2 Å². The third kappa shape index (κ3) is 4.95. The zero-order valence-electron chi connectivity index (χ0n) is 25.3. The van der Waals surface area contributed by atoms with Crippen molar-refractivity contribution in [3.63, 3.8) is 0 Å². The molecule has 0 unspecified atom stereocenters. The molecule has 3 aliphatic heterocycles. The largest absolute Gasteiger partial charge is 0.497 e. The molecule has 2 amide bonds. The molecule has 2 fully saturated rings. The summed E-state index contributed by atoms with van der Waals surface area (Å²) in [6.45, 7) is 4.11. The van der Waals surface area contributed by atoms with Crippen LogP contribution < -0.4 is 24.8 Å². The number of anilines is 3. The molecule has 44 heavy (non-hydrogen) atoms. The van der Waals surface area contributed by atoms with Crippen LogP contribution >= 0.6 is 0 Å². The highest BCUT2D eigenvalue weighted by molar-refractivity contribution is 6.08. The lowest BCUT2D eigenvalue weighted by Gasteiger charge is -2.39. The monoisotopic (exact) mass is 596 g/mol. The number of aliphatic hydroxyl groups is 2. The minimum absolute atomic E-state index is 0.00632. The van der Waals surface area contributed by atoms with Crippen molar-refractivity contribution in [1.82, 2.24) is 5.32 Å². The first-order chi connectivity index (χ1) is 21.3. The maximum Gasteiger partial charge on any atom is 0.264 e. The second-order valence-corrected chi connectivity index (χ2v) is 11.9. The Bertz CT molecular complexity index is 1540. The van der Waals surface area contributed by atoms with Crippen LogP contribution in [0.15, 0.2) is 84.9 Å². The summed E-state index contributed by atoms with van der Waals surface area (Å²) in [7, 11) is 1.55. The van der Waals surface area contributed by atoms with Crippen LogP contribution in [-0.2, 0) is 21.7 Å². The van der Waals surface area contributed by atoms with Gasteiger partial charge < -0.3 is 30.1 Å². The standard InChI is InChI=1S/C35H40N4O5/c1-25(8-6-7-21-40)35(43)30-22-29(44-2)15-16-31(30)37(33(35)42)23-26-11-13-27(14-12-26)38-24-39(28-9-4-3-5-10-28)34(32(38)41)17-19-36-20-18-34/h3-6,8-16,22,25,36,40,43H,7,17-21,23-24H2,1-2H3/b8-6+/t25-,35+/m0/s1. The van der Waals surface area contributed by atoms with E-state index >= 15 is 0 Å². The molecule has 0 aliphatic carbocycles. The molecule has 0 aromatic heterocycles. The SMILES string of the molecule is COc1ccc2c(c1)[C@](O)([C@@H](C)/C=C/CCO)C(=O)N2Cc1ccc(N2CN(c3ccccc3)C3(CCNCC3)C2=O)cc1. The molecule has 2 saturated heterocycles. The van der Waals surface area contributed by atoms with E-state index < -0.39 is 23.0 Å². The van der Waals surface area contributed by atoms with Crippen molar-refractivity contribution < 1.29 is 24.5 Å². The zero-order valence-corrected chi connectivity index (χ0v) is 25.3. The topological polar surface area (TPSA) is 106 Å². The number of carbonyl (C=O) groups is 2. The van der Waals surface area contributed by atoms with Gasteiger partial charge in [0.1, 0.15) is 11.3 Å². The van der Waals surface area contributed by atoms with Crippen LogP contribution in [-0.4, -0.2) is 61.0 Å². The fraction of sp³-hybridized carbons (Fsp3) is 0.371. The Morgan fingerprint density at radius 3 is 2.39 bits per heavy atom. The van der Waals surface area contributed by atoms with Crippen LogP contribution in [0.2, 0.25) is 0 Å². The molecule has 230 valence electrons. The summed E-state index contributed by atoms with van der Waals surface area (Å²) in [5.74, 6) is -0.275. The van der Waals surface area contributed by atoms with E-state index in [9.17, 15) is 19.8 Å². The van der Waals surface area contributed by atoms with Crippen molar-refractivity contribution >= 4 is 28.9 Å². The number of ether oxygens (including phenoxy) is 1. The van der Waals surface area contributed by atoms with Crippen molar-refractivity contribution in [2.24, 2.45) is 5.92 Å². The Labute approximate surface area is 258 Å². The normalized spacial score (nSPS) is 21.9. The summed E-state index contributed by atoms with van der Waals surface area (Å²) in [5.41, 5.74) is 1.50. The van der Waals surface area contributed by atoms with Gasteiger partial charge in [0.15, 0.2) is 5.60 Å². The first-order valence-electron chi connectivity index (χ1n) is 15.3. The number of amides is 2. The minimum atomic E-state index is -1.78. The highest BCUT2D eigenvalue weighted by Gasteiger charge is 2.54. The summed E-state index contributed by atoms with van der Waals surface area (Å²) in [6, 6.07) is 23.2. The van der Waals surface area contributed by atoms with Gasteiger partial charge in [-0.25, -0.2) is 0 Å². The first-order valence-corrected chi connectivity index (χ1v) is 15.3. The summed E-state index contributed by atoms with van der Waals surface area (Å²) < 4.78 is 5.42. The number of para-hydroxylation sites is 1. The number of fused-ring (bicyclic) bond motifs is 1. The third-order valence-corrected chi connectivity index (χ3v) is 9.39. The molecular weight excluding hydrogens is 556 g/mol. The van der Waals surface area contributed by atoms with E-state index in [0.717, 1.165) is 42.9 Å². The van der Waals surface area contributed by atoms with Gasteiger partial charge in [0, 0.05) is 29.5 Å². The average molecular weight is 597 g/mol.